The Hall–Kier alpha value is -2.31. The third kappa shape index (κ3) is 5.43. The topological polar surface area (TPSA) is 83.5 Å². The highest BCUT2D eigenvalue weighted by Crippen LogP contribution is 2.13. The molecule has 1 unspecified atom stereocenters. The van der Waals surface area contributed by atoms with E-state index in [0.29, 0.717) is 22.9 Å². The summed E-state index contributed by atoms with van der Waals surface area (Å²) in [6.45, 7) is -0.193. The highest BCUT2D eigenvalue weighted by molar-refractivity contribution is 6.30. The second kappa shape index (κ2) is 8.36. The number of ether oxygens (including phenoxy) is 1. The molecule has 2 rings (SSSR count). The number of benzene rings is 1. The molecule has 1 atom stereocenters. The van der Waals surface area contributed by atoms with Crippen LogP contribution in [0, 0.1) is 0 Å². The van der Waals surface area contributed by atoms with Crippen LogP contribution in [0.4, 0.5) is 10.5 Å². The van der Waals surface area contributed by atoms with Crippen LogP contribution in [-0.2, 0) is 6.42 Å². The molecule has 0 spiro atoms. The third-order valence-electron chi connectivity index (χ3n) is 3.15. The van der Waals surface area contributed by atoms with Crippen LogP contribution in [0.3, 0.4) is 0 Å². The number of rotatable bonds is 6. The Bertz CT molecular complexity index is 632. The van der Waals surface area contributed by atoms with Crippen molar-refractivity contribution in [1.82, 2.24) is 10.3 Å². The fourth-order valence-electron chi connectivity index (χ4n) is 1.95. The SMILES string of the molecule is COc1ccc(CC(CO)NC(=O)Nc2ccc(Cl)cc2)nc1. The van der Waals surface area contributed by atoms with Gasteiger partial charge in [-0.15, -0.1) is 0 Å². The van der Waals surface area contributed by atoms with Gasteiger partial charge < -0.3 is 20.5 Å². The lowest BCUT2D eigenvalue weighted by atomic mass is 10.1. The van der Waals surface area contributed by atoms with E-state index < -0.39 is 12.1 Å². The molecule has 0 saturated heterocycles. The molecule has 7 heteroatoms. The van der Waals surface area contributed by atoms with Gasteiger partial charge >= 0.3 is 6.03 Å². The Morgan fingerprint density at radius 3 is 2.61 bits per heavy atom. The molecule has 0 aliphatic carbocycles. The Kier molecular flexibility index (Phi) is 6.19. The van der Waals surface area contributed by atoms with Crippen LogP contribution in [0.25, 0.3) is 0 Å². The number of carbonyl (C=O) groups is 1. The van der Waals surface area contributed by atoms with Crippen molar-refractivity contribution in [2.75, 3.05) is 19.0 Å². The first-order chi connectivity index (χ1) is 11.1. The number of anilines is 1. The molecule has 2 amide bonds. The van der Waals surface area contributed by atoms with E-state index in [4.69, 9.17) is 16.3 Å². The van der Waals surface area contributed by atoms with E-state index in [9.17, 15) is 9.90 Å². The maximum atomic E-state index is 12.0. The molecule has 122 valence electrons. The molecular formula is C16H18ClN3O3. The normalized spacial score (nSPS) is 11.6. The highest BCUT2D eigenvalue weighted by atomic mass is 35.5. The molecular weight excluding hydrogens is 318 g/mol. The number of pyridine rings is 1. The number of aliphatic hydroxyl groups excluding tert-OH is 1. The molecule has 1 aromatic carbocycles. The average molecular weight is 336 g/mol. The zero-order valence-electron chi connectivity index (χ0n) is 12.6. The minimum Gasteiger partial charge on any atom is -0.495 e. The first kappa shape index (κ1) is 17.1. The predicted molar refractivity (Wildman–Crippen MR) is 89.0 cm³/mol. The minimum absolute atomic E-state index is 0.193. The summed E-state index contributed by atoms with van der Waals surface area (Å²) in [5.41, 5.74) is 1.36. The van der Waals surface area contributed by atoms with Crippen molar-refractivity contribution in [3.63, 3.8) is 0 Å². The Labute approximate surface area is 139 Å². The van der Waals surface area contributed by atoms with Gasteiger partial charge in [0.25, 0.3) is 0 Å². The smallest absolute Gasteiger partial charge is 0.319 e. The van der Waals surface area contributed by atoms with Crippen LogP contribution in [0.5, 0.6) is 5.75 Å². The quantitative estimate of drug-likeness (QED) is 0.757. The van der Waals surface area contributed by atoms with E-state index in [1.165, 1.54) is 0 Å². The van der Waals surface area contributed by atoms with Gasteiger partial charge in [0.15, 0.2) is 0 Å². The average Bonchev–Trinajstić information content (AvgIpc) is 2.57. The molecule has 23 heavy (non-hydrogen) atoms. The number of methoxy groups -OCH3 is 1. The van der Waals surface area contributed by atoms with Crippen molar-refractivity contribution in [1.29, 1.82) is 0 Å². The minimum atomic E-state index is -0.441. The van der Waals surface area contributed by atoms with Crippen molar-refractivity contribution in [3.8, 4) is 5.75 Å². The summed E-state index contributed by atoms with van der Waals surface area (Å²) in [4.78, 5) is 16.2. The zero-order chi connectivity index (χ0) is 16.7. The number of aliphatic hydroxyl groups is 1. The maximum absolute atomic E-state index is 12.0. The van der Waals surface area contributed by atoms with Crippen LogP contribution in [0.15, 0.2) is 42.6 Å². The highest BCUT2D eigenvalue weighted by Gasteiger charge is 2.13. The Balaban J connectivity index is 1.89. The van der Waals surface area contributed by atoms with Gasteiger partial charge in [-0.1, -0.05) is 11.6 Å². The molecule has 0 saturated carbocycles. The number of nitrogens with zero attached hydrogens (tertiary/aromatic N) is 1. The van der Waals surface area contributed by atoms with Crippen molar-refractivity contribution < 1.29 is 14.6 Å². The number of aromatic nitrogens is 1. The number of urea groups is 1. The van der Waals surface area contributed by atoms with Gasteiger partial charge in [-0.3, -0.25) is 4.98 Å². The van der Waals surface area contributed by atoms with Crippen LogP contribution >= 0.6 is 11.6 Å². The first-order valence-electron chi connectivity index (χ1n) is 7.03. The zero-order valence-corrected chi connectivity index (χ0v) is 13.4. The lowest BCUT2D eigenvalue weighted by molar-refractivity contribution is 0.223. The summed E-state index contributed by atoms with van der Waals surface area (Å²) in [5.74, 6) is 0.655. The van der Waals surface area contributed by atoms with E-state index >= 15 is 0 Å². The van der Waals surface area contributed by atoms with Crippen molar-refractivity contribution in [2.45, 2.75) is 12.5 Å². The van der Waals surface area contributed by atoms with Crippen LogP contribution < -0.4 is 15.4 Å². The second-order valence-corrected chi connectivity index (χ2v) is 5.31. The lowest BCUT2D eigenvalue weighted by Gasteiger charge is -2.16. The molecule has 0 bridgehead atoms. The summed E-state index contributed by atoms with van der Waals surface area (Å²) >= 11 is 5.79. The van der Waals surface area contributed by atoms with E-state index in [0.717, 1.165) is 5.69 Å². The molecule has 6 nitrogen and oxygen atoms in total. The summed E-state index contributed by atoms with van der Waals surface area (Å²) < 4.78 is 5.04. The fraction of sp³-hybridized carbons (Fsp3) is 0.250. The van der Waals surface area contributed by atoms with E-state index in [1.807, 2.05) is 0 Å². The largest absolute Gasteiger partial charge is 0.495 e. The molecule has 3 N–H and O–H groups in total. The van der Waals surface area contributed by atoms with E-state index in [2.05, 4.69) is 15.6 Å². The van der Waals surface area contributed by atoms with Crippen molar-refractivity contribution >= 4 is 23.3 Å². The van der Waals surface area contributed by atoms with Gasteiger partial charge in [0.05, 0.1) is 26.0 Å². The van der Waals surface area contributed by atoms with Gasteiger partial charge in [0.2, 0.25) is 0 Å². The van der Waals surface area contributed by atoms with Gasteiger partial charge in [-0.2, -0.15) is 0 Å². The molecule has 2 aromatic rings. The fourth-order valence-corrected chi connectivity index (χ4v) is 2.08. The summed E-state index contributed by atoms with van der Waals surface area (Å²) in [7, 11) is 1.57. The van der Waals surface area contributed by atoms with Gasteiger partial charge in [-0.05, 0) is 36.4 Å². The van der Waals surface area contributed by atoms with E-state index in [1.54, 1.807) is 49.7 Å². The number of carbonyl (C=O) groups excluding carboxylic acids is 1. The Morgan fingerprint density at radius 2 is 2.04 bits per heavy atom. The number of nitrogens with one attached hydrogen (secondary N) is 2. The number of hydrogen-bond acceptors (Lipinski definition) is 4. The van der Waals surface area contributed by atoms with Gasteiger partial charge in [0, 0.05) is 22.8 Å². The van der Waals surface area contributed by atoms with Crippen LogP contribution in [0.1, 0.15) is 5.69 Å². The first-order valence-corrected chi connectivity index (χ1v) is 7.41. The lowest BCUT2D eigenvalue weighted by Crippen LogP contribution is -2.41. The number of hydrogen-bond donors (Lipinski definition) is 3. The Morgan fingerprint density at radius 1 is 1.30 bits per heavy atom. The van der Waals surface area contributed by atoms with E-state index in [-0.39, 0.29) is 6.61 Å². The number of halogens is 1. The molecule has 0 aliphatic rings. The predicted octanol–water partition coefficient (Wildman–Crippen LogP) is 2.47. The summed E-state index contributed by atoms with van der Waals surface area (Å²) in [5, 5.41) is 15.4. The molecule has 1 heterocycles. The van der Waals surface area contributed by atoms with Crippen molar-refractivity contribution in [2.24, 2.45) is 0 Å². The molecule has 1 aromatic heterocycles. The summed E-state index contributed by atoms with van der Waals surface area (Å²) in [6.07, 6.45) is 2.01. The molecule has 0 fully saturated rings. The van der Waals surface area contributed by atoms with Crippen molar-refractivity contribution in [3.05, 3.63) is 53.3 Å². The summed E-state index contributed by atoms with van der Waals surface area (Å²) in [6, 6.07) is 9.49. The monoisotopic (exact) mass is 335 g/mol. The third-order valence-corrected chi connectivity index (χ3v) is 3.40. The van der Waals surface area contributed by atoms with Crippen LogP contribution in [0.2, 0.25) is 5.02 Å². The standard InChI is InChI=1S/C16H18ClN3O3/c1-23-15-7-6-13(18-9-15)8-14(10-21)20-16(22)19-12-4-2-11(17)3-5-12/h2-7,9,14,21H,8,10H2,1H3,(H2,19,20,22). The number of amides is 2. The van der Waals surface area contributed by atoms with Gasteiger partial charge in [0.1, 0.15) is 5.75 Å². The van der Waals surface area contributed by atoms with Gasteiger partial charge in [-0.25, -0.2) is 4.79 Å². The molecule has 0 radical (unpaired) electrons. The molecule has 0 aliphatic heterocycles. The van der Waals surface area contributed by atoms with Crippen LogP contribution in [-0.4, -0.2) is 35.9 Å². The second-order valence-electron chi connectivity index (χ2n) is 4.88. The maximum Gasteiger partial charge on any atom is 0.319 e.